The van der Waals surface area contributed by atoms with Crippen molar-refractivity contribution in [3.63, 3.8) is 0 Å². The Balaban J connectivity index is 1.30. The van der Waals surface area contributed by atoms with Crippen molar-refractivity contribution in [2.24, 2.45) is 17.8 Å². The van der Waals surface area contributed by atoms with Gasteiger partial charge in [-0.2, -0.15) is 0 Å². The summed E-state index contributed by atoms with van der Waals surface area (Å²) < 4.78 is 40.4. The molecule has 2 aromatic carbocycles. The van der Waals surface area contributed by atoms with Crippen LogP contribution in [-0.2, 0) is 0 Å². The maximum absolute atomic E-state index is 13.6. The molecular weight excluding hydrogens is 429 g/mol. The van der Waals surface area contributed by atoms with Crippen molar-refractivity contribution >= 4 is 11.6 Å². The largest absolute Gasteiger partial charge is 0.204 e. The van der Waals surface area contributed by atoms with Gasteiger partial charge in [0.2, 0.25) is 0 Å². The first-order chi connectivity index (χ1) is 16.4. The summed E-state index contributed by atoms with van der Waals surface area (Å²) in [6, 6.07) is 10.7. The van der Waals surface area contributed by atoms with Gasteiger partial charge in [-0.1, -0.05) is 69.4 Å². The SMILES string of the molecule is CCCCC1CCC(C2CCC(c3ccc(C=C(C)c4cc(F)c(F)c(F)c4)cc3)CC2)CC1. The molecule has 0 bridgehead atoms. The van der Waals surface area contributed by atoms with Gasteiger partial charge in [0.15, 0.2) is 17.5 Å². The minimum atomic E-state index is -1.42. The zero-order valence-electron chi connectivity index (χ0n) is 20.8. The highest BCUT2D eigenvalue weighted by Crippen LogP contribution is 2.44. The standard InChI is InChI=1S/C31H39F3/c1-3-4-5-22-6-10-24(11-7-22)26-14-16-27(17-15-26)25-12-8-23(9-13-25)18-21(2)28-19-29(32)31(34)30(33)20-28/h8-9,12-13,18-20,22,24,26-27H,3-7,10-11,14-17H2,1-2H3. The van der Waals surface area contributed by atoms with E-state index in [1.165, 1.54) is 76.2 Å². The summed E-state index contributed by atoms with van der Waals surface area (Å²) in [6.45, 7) is 4.09. The molecular formula is C31H39F3. The van der Waals surface area contributed by atoms with Crippen LogP contribution in [0.15, 0.2) is 36.4 Å². The van der Waals surface area contributed by atoms with Crippen LogP contribution in [0.3, 0.4) is 0 Å². The van der Waals surface area contributed by atoms with E-state index in [2.05, 4.69) is 31.2 Å². The van der Waals surface area contributed by atoms with Crippen molar-refractivity contribution < 1.29 is 13.2 Å². The zero-order chi connectivity index (χ0) is 24.1. The molecule has 2 aliphatic carbocycles. The lowest BCUT2D eigenvalue weighted by molar-refractivity contribution is 0.156. The molecule has 34 heavy (non-hydrogen) atoms. The van der Waals surface area contributed by atoms with Crippen molar-refractivity contribution in [1.82, 2.24) is 0 Å². The molecule has 3 heteroatoms. The van der Waals surface area contributed by atoms with E-state index in [1.807, 2.05) is 6.08 Å². The molecule has 0 saturated heterocycles. The van der Waals surface area contributed by atoms with Crippen molar-refractivity contribution in [2.75, 3.05) is 0 Å². The minimum absolute atomic E-state index is 0.359. The average Bonchev–Trinajstić information content (AvgIpc) is 2.86. The number of rotatable bonds is 7. The van der Waals surface area contributed by atoms with Gasteiger partial charge < -0.3 is 0 Å². The number of hydrogen-bond donors (Lipinski definition) is 0. The smallest absolute Gasteiger partial charge is 0.194 e. The van der Waals surface area contributed by atoms with Crippen LogP contribution in [-0.4, -0.2) is 0 Å². The Morgan fingerprint density at radius 2 is 1.38 bits per heavy atom. The van der Waals surface area contributed by atoms with E-state index in [1.54, 1.807) is 6.92 Å². The van der Waals surface area contributed by atoms with E-state index < -0.39 is 17.5 Å². The first-order valence-corrected chi connectivity index (χ1v) is 13.4. The molecule has 0 atom stereocenters. The zero-order valence-corrected chi connectivity index (χ0v) is 20.8. The van der Waals surface area contributed by atoms with E-state index in [9.17, 15) is 13.2 Å². The highest BCUT2D eigenvalue weighted by Gasteiger charge is 2.31. The lowest BCUT2D eigenvalue weighted by Gasteiger charge is -2.38. The van der Waals surface area contributed by atoms with Crippen LogP contribution in [0.4, 0.5) is 13.2 Å². The summed E-state index contributed by atoms with van der Waals surface area (Å²) in [6.07, 6.45) is 17.2. The molecule has 0 N–H and O–H groups in total. The fraction of sp³-hybridized carbons (Fsp3) is 0.548. The summed E-state index contributed by atoms with van der Waals surface area (Å²) >= 11 is 0. The fourth-order valence-corrected chi connectivity index (χ4v) is 6.35. The molecule has 0 aliphatic heterocycles. The van der Waals surface area contributed by atoms with Crippen LogP contribution in [0, 0.1) is 35.2 Å². The molecule has 2 aliphatic rings. The molecule has 0 amide bonds. The maximum atomic E-state index is 13.6. The minimum Gasteiger partial charge on any atom is -0.204 e. The Hall–Kier alpha value is -2.03. The van der Waals surface area contributed by atoms with Crippen LogP contribution in [0.5, 0.6) is 0 Å². The second-order valence-electron chi connectivity index (χ2n) is 10.8. The van der Waals surface area contributed by atoms with Crippen LogP contribution >= 0.6 is 0 Å². The van der Waals surface area contributed by atoms with E-state index in [4.69, 9.17) is 0 Å². The van der Waals surface area contributed by atoms with Gasteiger partial charge in [-0.25, -0.2) is 13.2 Å². The Kier molecular flexibility index (Phi) is 8.55. The van der Waals surface area contributed by atoms with E-state index in [0.717, 1.165) is 35.4 Å². The van der Waals surface area contributed by atoms with Crippen LogP contribution in [0.1, 0.15) is 107 Å². The van der Waals surface area contributed by atoms with Gasteiger partial charge in [-0.15, -0.1) is 0 Å². The summed E-state index contributed by atoms with van der Waals surface area (Å²) in [5.74, 6) is -0.228. The van der Waals surface area contributed by atoms with E-state index >= 15 is 0 Å². The normalized spacial score (nSPS) is 26.0. The van der Waals surface area contributed by atoms with Crippen LogP contribution in [0.25, 0.3) is 11.6 Å². The van der Waals surface area contributed by atoms with E-state index in [0.29, 0.717) is 17.1 Å². The molecule has 0 aromatic heterocycles. The Morgan fingerprint density at radius 3 is 1.94 bits per heavy atom. The third-order valence-corrected chi connectivity index (χ3v) is 8.53. The van der Waals surface area contributed by atoms with Crippen molar-refractivity contribution in [3.8, 4) is 0 Å². The second kappa shape index (κ2) is 11.6. The third kappa shape index (κ3) is 6.15. The van der Waals surface area contributed by atoms with Gasteiger partial charge in [-0.05, 0) is 104 Å². The first kappa shape index (κ1) is 25.1. The molecule has 0 heterocycles. The summed E-state index contributed by atoms with van der Waals surface area (Å²) in [7, 11) is 0. The highest BCUT2D eigenvalue weighted by molar-refractivity contribution is 5.80. The summed E-state index contributed by atoms with van der Waals surface area (Å²) in [5.41, 5.74) is 3.45. The van der Waals surface area contributed by atoms with Gasteiger partial charge >= 0.3 is 0 Å². The molecule has 0 nitrogen and oxygen atoms in total. The lowest BCUT2D eigenvalue weighted by atomic mass is 9.68. The second-order valence-corrected chi connectivity index (χ2v) is 10.8. The van der Waals surface area contributed by atoms with Crippen molar-refractivity contribution in [3.05, 3.63) is 70.5 Å². The Labute approximate surface area is 203 Å². The maximum Gasteiger partial charge on any atom is 0.194 e. The molecule has 2 saturated carbocycles. The lowest BCUT2D eigenvalue weighted by Crippen LogP contribution is -2.25. The van der Waals surface area contributed by atoms with Gasteiger partial charge in [0, 0.05) is 0 Å². The molecule has 184 valence electrons. The van der Waals surface area contributed by atoms with Crippen LogP contribution in [0.2, 0.25) is 0 Å². The quantitative estimate of drug-likeness (QED) is 0.280. The summed E-state index contributed by atoms with van der Waals surface area (Å²) in [4.78, 5) is 0. The van der Waals surface area contributed by atoms with Gasteiger partial charge in [-0.3, -0.25) is 0 Å². The Morgan fingerprint density at radius 1 is 0.824 bits per heavy atom. The molecule has 0 spiro atoms. The molecule has 2 fully saturated rings. The van der Waals surface area contributed by atoms with E-state index in [-0.39, 0.29) is 0 Å². The van der Waals surface area contributed by atoms with Crippen LogP contribution < -0.4 is 0 Å². The van der Waals surface area contributed by atoms with Crippen molar-refractivity contribution in [1.29, 1.82) is 0 Å². The third-order valence-electron chi connectivity index (χ3n) is 8.53. The molecule has 0 radical (unpaired) electrons. The average molecular weight is 469 g/mol. The summed E-state index contributed by atoms with van der Waals surface area (Å²) in [5, 5.41) is 0. The number of unbranched alkanes of at least 4 members (excludes halogenated alkanes) is 1. The molecule has 4 rings (SSSR count). The Bertz CT molecular complexity index is 936. The highest BCUT2D eigenvalue weighted by atomic mass is 19.2. The monoisotopic (exact) mass is 468 g/mol. The van der Waals surface area contributed by atoms with Crippen molar-refractivity contribution in [2.45, 2.75) is 90.4 Å². The molecule has 2 aromatic rings. The number of halogens is 3. The predicted octanol–water partition coefficient (Wildman–Crippen LogP) is 9.93. The number of benzene rings is 2. The number of hydrogen-bond acceptors (Lipinski definition) is 0. The predicted molar refractivity (Wildman–Crippen MR) is 136 cm³/mol. The first-order valence-electron chi connectivity index (χ1n) is 13.4. The van der Waals surface area contributed by atoms with Gasteiger partial charge in [0.25, 0.3) is 0 Å². The van der Waals surface area contributed by atoms with Gasteiger partial charge in [0.05, 0.1) is 0 Å². The number of allylic oxidation sites excluding steroid dienone is 1. The molecule has 0 unspecified atom stereocenters. The topological polar surface area (TPSA) is 0 Å². The fourth-order valence-electron chi connectivity index (χ4n) is 6.35. The van der Waals surface area contributed by atoms with Gasteiger partial charge in [0.1, 0.15) is 0 Å².